The van der Waals surface area contributed by atoms with Gasteiger partial charge in [0.15, 0.2) is 0 Å². The molecule has 40 heavy (non-hydrogen) atoms. The standard InChI is InChI=1S/C32H38N2O5S/c1-6-17-33(23-18-20(3)13-14-21(23)4)29(37)27-32-16-15-31(5,40-32)26(30(38)39-7-2)25(32)28(36)34(27)24(19-35)22-11-9-8-10-12-22/h6,8-14,18,24-27,35H,1,7,15-17,19H2,2-5H3/t24-,25+,26+,27?,31-,32?/m1/s1. The number of amides is 2. The second-order valence-corrected chi connectivity index (χ2v) is 13.3. The lowest BCUT2D eigenvalue weighted by atomic mass is 9.66. The second kappa shape index (κ2) is 10.7. The van der Waals surface area contributed by atoms with Crippen LogP contribution in [0.5, 0.6) is 0 Å². The van der Waals surface area contributed by atoms with Crippen LogP contribution in [0.1, 0.15) is 49.4 Å². The topological polar surface area (TPSA) is 87.2 Å². The number of ether oxygens (including phenoxy) is 1. The lowest BCUT2D eigenvalue weighted by Crippen LogP contribution is -2.56. The highest BCUT2D eigenvalue weighted by Crippen LogP contribution is 2.72. The summed E-state index contributed by atoms with van der Waals surface area (Å²) in [7, 11) is 0. The molecular weight excluding hydrogens is 524 g/mol. The van der Waals surface area contributed by atoms with E-state index in [0.29, 0.717) is 12.8 Å². The van der Waals surface area contributed by atoms with E-state index >= 15 is 0 Å². The lowest BCUT2D eigenvalue weighted by Gasteiger charge is -2.40. The van der Waals surface area contributed by atoms with E-state index in [1.807, 2.05) is 69.3 Å². The highest BCUT2D eigenvalue weighted by Gasteiger charge is 2.78. The SMILES string of the molecule is C=CCN(C(=O)C1N([C@H](CO)c2ccccc2)C(=O)[C@@H]2[C@@H](C(=O)OCC)[C@@]3(C)CCC12S3)c1cc(C)ccc1C. The second-order valence-electron chi connectivity index (χ2n) is 11.4. The van der Waals surface area contributed by atoms with Gasteiger partial charge >= 0.3 is 5.97 Å². The van der Waals surface area contributed by atoms with Crippen LogP contribution in [-0.2, 0) is 19.1 Å². The van der Waals surface area contributed by atoms with E-state index in [4.69, 9.17) is 4.74 Å². The number of carbonyl (C=O) groups excluding carboxylic acids is 3. The van der Waals surface area contributed by atoms with E-state index in [1.54, 1.807) is 34.6 Å². The van der Waals surface area contributed by atoms with Gasteiger partial charge in [-0.25, -0.2) is 0 Å². The summed E-state index contributed by atoms with van der Waals surface area (Å²) in [6.07, 6.45) is 3.01. The number of anilines is 1. The molecule has 1 spiro atoms. The Morgan fingerprint density at radius 2 is 1.95 bits per heavy atom. The van der Waals surface area contributed by atoms with Gasteiger partial charge in [0.25, 0.3) is 5.91 Å². The van der Waals surface area contributed by atoms with Gasteiger partial charge in [0, 0.05) is 17.0 Å². The van der Waals surface area contributed by atoms with Crippen molar-refractivity contribution < 1.29 is 24.2 Å². The minimum absolute atomic E-state index is 0.221. The Balaban J connectivity index is 1.69. The van der Waals surface area contributed by atoms with Gasteiger partial charge in [-0.3, -0.25) is 14.4 Å². The van der Waals surface area contributed by atoms with E-state index in [1.165, 1.54) is 0 Å². The third-order valence-corrected chi connectivity index (χ3v) is 10.9. The van der Waals surface area contributed by atoms with Crippen LogP contribution in [0.4, 0.5) is 5.69 Å². The zero-order chi connectivity index (χ0) is 28.8. The molecule has 0 aromatic heterocycles. The number of esters is 1. The first kappa shape index (κ1) is 28.4. The van der Waals surface area contributed by atoms with Crippen molar-refractivity contribution in [1.82, 2.24) is 4.90 Å². The fourth-order valence-corrected chi connectivity index (χ4v) is 9.52. The Morgan fingerprint density at radius 3 is 2.60 bits per heavy atom. The summed E-state index contributed by atoms with van der Waals surface area (Å²) in [4.78, 5) is 46.2. The van der Waals surface area contributed by atoms with Crippen molar-refractivity contribution in [2.24, 2.45) is 11.8 Å². The minimum atomic E-state index is -0.881. The molecule has 6 atom stereocenters. The molecular formula is C32H38N2O5S. The van der Waals surface area contributed by atoms with Crippen molar-refractivity contribution in [1.29, 1.82) is 0 Å². The number of aryl methyl sites for hydroxylation is 2. The average Bonchev–Trinajstić information content (AvgIpc) is 3.51. The number of hydrogen-bond acceptors (Lipinski definition) is 6. The Labute approximate surface area is 240 Å². The Bertz CT molecular complexity index is 1330. The maximum atomic E-state index is 14.9. The molecule has 2 aromatic carbocycles. The normalized spacial score (nSPS) is 29.3. The van der Waals surface area contributed by atoms with Crippen LogP contribution in [0.15, 0.2) is 61.2 Å². The molecule has 0 aliphatic carbocycles. The first-order chi connectivity index (χ1) is 19.1. The van der Waals surface area contributed by atoms with Gasteiger partial charge in [0.1, 0.15) is 6.04 Å². The highest BCUT2D eigenvalue weighted by atomic mass is 32.2. The van der Waals surface area contributed by atoms with Crippen LogP contribution in [0.3, 0.4) is 0 Å². The molecule has 2 bridgehead atoms. The van der Waals surface area contributed by atoms with Crippen LogP contribution < -0.4 is 4.90 Å². The number of fused-ring (bicyclic) bond motifs is 1. The van der Waals surface area contributed by atoms with E-state index in [2.05, 4.69) is 6.58 Å². The van der Waals surface area contributed by atoms with Crippen molar-refractivity contribution in [3.8, 4) is 0 Å². The summed E-state index contributed by atoms with van der Waals surface area (Å²) in [5, 5.41) is 10.7. The average molecular weight is 563 g/mol. The number of hydrogen-bond donors (Lipinski definition) is 1. The molecule has 5 rings (SSSR count). The van der Waals surface area contributed by atoms with E-state index < -0.39 is 33.4 Å². The molecule has 3 fully saturated rings. The van der Waals surface area contributed by atoms with Crippen molar-refractivity contribution in [3.05, 3.63) is 77.9 Å². The summed E-state index contributed by atoms with van der Waals surface area (Å²) in [6, 6.07) is 13.7. The number of nitrogens with zero attached hydrogens (tertiary/aromatic N) is 2. The van der Waals surface area contributed by atoms with Crippen LogP contribution in [-0.4, -0.2) is 63.1 Å². The van der Waals surface area contributed by atoms with Gasteiger partial charge in [-0.05, 0) is 63.3 Å². The third kappa shape index (κ3) is 4.27. The molecule has 1 N–H and O–H groups in total. The van der Waals surface area contributed by atoms with Crippen molar-refractivity contribution >= 4 is 35.2 Å². The summed E-state index contributed by atoms with van der Waals surface area (Å²) in [5.41, 5.74) is 3.46. The minimum Gasteiger partial charge on any atom is -0.466 e. The third-order valence-electron chi connectivity index (χ3n) is 8.92. The molecule has 2 unspecified atom stereocenters. The quantitative estimate of drug-likeness (QED) is 0.355. The van der Waals surface area contributed by atoms with Gasteiger partial charge < -0.3 is 19.6 Å². The predicted octanol–water partition coefficient (Wildman–Crippen LogP) is 4.60. The van der Waals surface area contributed by atoms with Crippen LogP contribution in [0.2, 0.25) is 0 Å². The van der Waals surface area contributed by atoms with Gasteiger partial charge in [-0.2, -0.15) is 0 Å². The molecule has 3 aliphatic heterocycles. The van der Waals surface area contributed by atoms with E-state index in [9.17, 15) is 19.5 Å². The number of thioether (sulfide) groups is 1. The Kier molecular flexibility index (Phi) is 7.61. The highest BCUT2D eigenvalue weighted by molar-refractivity contribution is 8.02. The number of aliphatic hydroxyl groups excluding tert-OH is 1. The van der Waals surface area contributed by atoms with E-state index in [-0.39, 0.29) is 37.5 Å². The van der Waals surface area contributed by atoms with Gasteiger partial charge in [-0.1, -0.05) is 48.5 Å². The van der Waals surface area contributed by atoms with Crippen molar-refractivity contribution in [3.63, 3.8) is 0 Å². The maximum absolute atomic E-state index is 14.9. The fraction of sp³-hybridized carbons (Fsp3) is 0.469. The predicted molar refractivity (Wildman–Crippen MR) is 157 cm³/mol. The van der Waals surface area contributed by atoms with Crippen molar-refractivity contribution in [2.75, 3.05) is 24.7 Å². The largest absolute Gasteiger partial charge is 0.466 e. The fourth-order valence-electron chi connectivity index (χ4n) is 7.19. The molecule has 0 saturated carbocycles. The molecule has 2 amide bonds. The van der Waals surface area contributed by atoms with Crippen LogP contribution >= 0.6 is 11.8 Å². The zero-order valence-electron chi connectivity index (χ0n) is 23.6. The molecule has 3 saturated heterocycles. The summed E-state index contributed by atoms with van der Waals surface area (Å²) >= 11 is 1.60. The monoisotopic (exact) mass is 562 g/mol. The Morgan fingerprint density at radius 1 is 1.23 bits per heavy atom. The van der Waals surface area contributed by atoms with Crippen LogP contribution in [0, 0.1) is 25.7 Å². The number of benzene rings is 2. The maximum Gasteiger partial charge on any atom is 0.311 e. The van der Waals surface area contributed by atoms with Gasteiger partial charge in [0.2, 0.25) is 5.91 Å². The summed E-state index contributed by atoms with van der Waals surface area (Å²) in [5.74, 6) is -2.26. The lowest BCUT2D eigenvalue weighted by molar-refractivity contribution is -0.155. The molecule has 3 heterocycles. The smallest absolute Gasteiger partial charge is 0.311 e. The molecule has 0 radical (unpaired) electrons. The van der Waals surface area contributed by atoms with Gasteiger partial charge in [-0.15, -0.1) is 18.3 Å². The molecule has 8 heteroatoms. The molecule has 2 aromatic rings. The number of likely N-dealkylation sites (tertiary alicyclic amines) is 1. The molecule has 7 nitrogen and oxygen atoms in total. The number of rotatable bonds is 9. The number of aliphatic hydroxyl groups is 1. The summed E-state index contributed by atoms with van der Waals surface area (Å²) < 4.78 is 4.17. The molecule has 212 valence electrons. The van der Waals surface area contributed by atoms with Crippen molar-refractivity contribution in [2.45, 2.75) is 62.1 Å². The first-order valence-electron chi connectivity index (χ1n) is 14.0. The first-order valence-corrected chi connectivity index (χ1v) is 14.8. The number of carbonyl (C=O) groups is 3. The van der Waals surface area contributed by atoms with Gasteiger partial charge in [0.05, 0.1) is 35.8 Å². The Hall–Kier alpha value is -3.10. The molecule has 3 aliphatic rings. The van der Waals surface area contributed by atoms with E-state index in [0.717, 1.165) is 22.4 Å². The zero-order valence-corrected chi connectivity index (χ0v) is 24.4. The van der Waals surface area contributed by atoms with Crippen LogP contribution in [0.25, 0.3) is 0 Å². The summed E-state index contributed by atoms with van der Waals surface area (Å²) in [6.45, 7) is 11.8.